The molecule has 2 aromatic carbocycles. The van der Waals surface area contributed by atoms with Crippen LogP contribution < -0.4 is 11.1 Å². The second kappa shape index (κ2) is 9.89. The van der Waals surface area contributed by atoms with E-state index in [4.69, 9.17) is 5.73 Å². The van der Waals surface area contributed by atoms with Gasteiger partial charge in [0.15, 0.2) is 0 Å². The van der Waals surface area contributed by atoms with Crippen molar-refractivity contribution in [3.05, 3.63) is 71.3 Å². The van der Waals surface area contributed by atoms with E-state index in [1.54, 1.807) is 4.90 Å². The first-order valence-electron chi connectivity index (χ1n) is 8.78. The van der Waals surface area contributed by atoms with Crippen LogP contribution in [0.3, 0.4) is 0 Å². The van der Waals surface area contributed by atoms with Crippen molar-refractivity contribution in [1.82, 2.24) is 10.2 Å². The zero-order valence-electron chi connectivity index (χ0n) is 15.2. The maximum Gasteiger partial charge on any atom is 0.416 e. The lowest BCUT2D eigenvalue weighted by Crippen LogP contribution is -2.43. The molecule has 2 rings (SSSR count). The molecule has 0 saturated carbocycles. The third-order valence-corrected chi connectivity index (χ3v) is 4.14. The molecule has 28 heavy (non-hydrogen) atoms. The van der Waals surface area contributed by atoms with Gasteiger partial charge in [-0.05, 0) is 36.2 Å². The van der Waals surface area contributed by atoms with Crippen molar-refractivity contribution in [2.75, 3.05) is 26.2 Å². The minimum Gasteiger partial charge on any atom is -0.343 e. The Kier molecular flexibility index (Phi) is 7.57. The molecule has 0 saturated heterocycles. The fourth-order valence-electron chi connectivity index (χ4n) is 2.61. The Labute approximate surface area is 161 Å². The fraction of sp³-hybridized carbons (Fsp3) is 0.300. The summed E-state index contributed by atoms with van der Waals surface area (Å²) in [5.41, 5.74) is 5.85. The molecule has 2 amide bonds. The number of hydrogen-bond donors (Lipinski definition) is 2. The van der Waals surface area contributed by atoms with Gasteiger partial charge >= 0.3 is 6.18 Å². The molecule has 0 atom stereocenters. The Morgan fingerprint density at radius 1 is 0.964 bits per heavy atom. The second-order valence-corrected chi connectivity index (χ2v) is 6.16. The smallest absolute Gasteiger partial charge is 0.343 e. The molecule has 0 spiro atoms. The first-order valence-corrected chi connectivity index (χ1v) is 8.78. The molecule has 0 aliphatic heterocycles. The Balaban J connectivity index is 1.89. The lowest BCUT2D eigenvalue weighted by molar-refractivity contribution is -0.137. The van der Waals surface area contributed by atoms with Crippen molar-refractivity contribution in [2.24, 2.45) is 5.73 Å². The van der Waals surface area contributed by atoms with Gasteiger partial charge in [-0.25, -0.2) is 0 Å². The van der Waals surface area contributed by atoms with E-state index in [1.165, 1.54) is 0 Å². The molecule has 150 valence electrons. The van der Waals surface area contributed by atoms with Gasteiger partial charge < -0.3 is 16.0 Å². The van der Waals surface area contributed by atoms with Gasteiger partial charge in [-0.2, -0.15) is 13.2 Å². The molecule has 0 unspecified atom stereocenters. The van der Waals surface area contributed by atoms with Crippen molar-refractivity contribution in [2.45, 2.75) is 12.6 Å². The first-order chi connectivity index (χ1) is 13.3. The zero-order chi connectivity index (χ0) is 20.6. The van der Waals surface area contributed by atoms with Crippen LogP contribution in [0.1, 0.15) is 21.5 Å². The number of carbonyl (C=O) groups excluding carboxylic acids is 2. The van der Waals surface area contributed by atoms with Gasteiger partial charge in [0.1, 0.15) is 0 Å². The van der Waals surface area contributed by atoms with E-state index in [0.717, 1.165) is 29.8 Å². The highest BCUT2D eigenvalue weighted by molar-refractivity contribution is 5.96. The molecule has 0 aromatic heterocycles. The van der Waals surface area contributed by atoms with Crippen LogP contribution in [-0.4, -0.2) is 42.9 Å². The molecule has 0 aliphatic rings. The summed E-state index contributed by atoms with van der Waals surface area (Å²) < 4.78 is 37.7. The molecule has 2 aromatic rings. The number of nitrogens with one attached hydrogen (secondary N) is 1. The minimum atomic E-state index is -4.47. The quantitative estimate of drug-likeness (QED) is 0.724. The average Bonchev–Trinajstić information content (AvgIpc) is 2.69. The van der Waals surface area contributed by atoms with Gasteiger partial charge in [-0.3, -0.25) is 9.59 Å². The summed E-state index contributed by atoms with van der Waals surface area (Å²) in [5, 5.41) is 2.44. The van der Waals surface area contributed by atoms with Crippen LogP contribution in [0.15, 0.2) is 54.6 Å². The van der Waals surface area contributed by atoms with Crippen molar-refractivity contribution in [3.63, 3.8) is 0 Å². The highest BCUT2D eigenvalue weighted by Gasteiger charge is 2.30. The first kappa shape index (κ1) is 21.4. The maximum atomic E-state index is 12.6. The Hall–Kier alpha value is -2.87. The predicted molar refractivity (Wildman–Crippen MR) is 99.6 cm³/mol. The number of nitrogens with zero attached hydrogens (tertiary/aromatic N) is 1. The van der Waals surface area contributed by atoms with Crippen molar-refractivity contribution < 1.29 is 22.8 Å². The van der Waals surface area contributed by atoms with Crippen LogP contribution in [0.2, 0.25) is 0 Å². The topological polar surface area (TPSA) is 75.4 Å². The van der Waals surface area contributed by atoms with Crippen LogP contribution in [0.5, 0.6) is 0 Å². The number of nitrogens with two attached hydrogens (primary N) is 1. The largest absolute Gasteiger partial charge is 0.416 e. The summed E-state index contributed by atoms with van der Waals surface area (Å²) in [6.07, 6.45) is -3.81. The molecule has 8 heteroatoms. The Morgan fingerprint density at radius 3 is 2.18 bits per heavy atom. The molecule has 3 N–H and O–H groups in total. The highest BCUT2D eigenvalue weighted by Crippen LogP contribution is 2.29. The Morgan fingerprint density at radius 2 is 1.61 bits per heavy atom. The fourth-order valence-corrected chi connectivity index (χ4v) is 2.61. The molecule has 0 fully saturated rings. The summed E-state index contributed by atoms with van der Waals surface area (Å²) in [6, 6.07) is 13.5. The van der Waals surface area contributed by atoms with E-state index in [2.05, 4.69) is 5.32 Å². The molecular formula is C20H22F3N3O2. The highest BCUT2D eigenvalue weighted by atomic mass is 19.4. The van der Waals surface area contributed by atoms with E-state index >= 15 is 0 Å². The van der Waals surface area contributed by atoms with E-state index in [9.17, 15) is 22.8 Å². The molecule has 5 nitrogen and oxygen atoms in total. The maximum absolute atomic E-state index is 12.6. The van der Waals surface area contributed by atoms with E-state index in [1.807, 2.05) is 30.3 Å². The van der Waals surface area contributed by atoms with Gasteiger partial charge in [0.25, 0.3) is 5.91 Å². The molecule has 0 heterocycles. The number of halogens is 3. The summed E-state index contributed by atoms with van der Waals surface area (Å²) in [5.74, 6) is -0.917. The van der Waals surface area contributed by atoms with Crippen molar-refractivity contribution >= 4 is 11.8 Å². The van der Waals surface area contributed by atoms with Gasteiger partial charge in [-0.15, -0.1) is 0 Å². The van der Waals surface area contributed by atoms with Crippen LogP contribution in [0.4, 0.5) is 13.2 Å². The summed E-state index contributed by atoms with van der Waals surface area (Å²) in [6.45, 7) is 0.833. The van der Waals surface area contributed by atoms with E-state index in [-0.39, 0.29) is 24.6 Å². The van der Waals surface area contributed by atoms with Crippen LogP contribution in [0, 0.1) is 0 Å². The lowest BCUT2D eigenvalue weighted by atomic mass is 10.1. The number of amides is 2. The standard InChI is InChI=1S/C20H22F3N3O2/c21-20(22,23)17-8-6-16(7-9-17)19(28)25-14-18(27)26(13-11-24)12-10-15-4-2-1-3-5-15/h1-9H,10-14,24H2,(H,25,28). The third-order valence-electron chi connectivity index (χ3n) is 4.14. The average molecular weight is 393 g/mol. The van der Waals surface area contributed by atoms with Crippen molar-refractivity contribution in [3.8, 4) is 0 Å². The van der Waals surface area contributed by atoms with Crippen molar-refractivity contribution in [1.29, 1.82) is 0 Å². The van der Waals surface area contributed by atoms with Gasteiger partial charge in [0.05, 0.1) is 12.1 Å². The minimum absolute atomic E-state index is 0.0514. The second-order valence-electron chi connectivity index (χ2n) is 6.16. The zero-order valence-corrected chi connectivity index (χ0v) is 15.2. The number of alkyl halides is 3. The van der Waals surface area contributed by atoms with Crippen LogP contribution in [-0.2, 0) is 17.4 Å². The SMILES string of the molecule is NCCN(CCc1ccccc1)C(=O)CNC(=O)c1ccc(C(F)(F)F)cc1. The Bertz CT molecular complexity index is 778. The van der Waals surface area contributed by atoms with Gasteiger partial charge in [0.2, 0.25) is 5.91 Å². The van der Waals surface area contributed by atoms with Crippen LogP contribution in [0.25, 0.3) is 0 Å². The third kappa shape index (κ3) is 6.38. The summed E-state index contributed by atoms with van der Waals surface area (Å²) >= 11 is 0. The summed E-state index contributed by atoms with van der Waals surface area (Å²) in [4.78, 5) is 26.0. The number of carbonyl (C=O) groups is 2. The number of rotatable bonds is 8. The normalized spacial score (nSPS) is 11.1. The number of benzene rings is 2. The predicted octanol–water partition coefficient (Wildman–Crippen LogP) is 2.47. The van der Waals surface area contributed by atoms with Gasteiger partial charge in [0, 0.05) is 25.2 Å². The lowest BCUT2D eigenvalue weighted by Gasteiger charge is -2.22. The molecule has 0 aliphatic carbocycles. The monoisotopic (exact) mass is 393 g/mol. The van der Waals surface area contributed by atoms with Gasteiger partial charge in [-0.1, -0.05) is 30.3 Å². The van der Waals surface area contributed by atoms with Crippen LogP contribution >= 0.6 is 0 Å². The van der Waals surface area contributed by atoms with E-state index < -0.39 is 17.6 Å². The van der Waals surface area contributed by atoms with E-state index in [0.29, 0.717) is 19.5 Å². The molecule has 0 radical (unpaired) electrons. The summed E-state index contributed by atoms with van der Waals surface area (Å²) in [7, 11) is 0. The molecule has 0 bridgehead atoms. The number of hydrogen-bond acceptors (Lipinski definition) is 3. The molecular weight excluding hydrogens is 371 g/mol.